The number of nitrogens with one attached hydrogen (secondary N) is 1. The van der Waals surface area contributed by atoms with Crippen molar-refractivity contribution in [1.29, 1.82) is 0 Å². The lowest BCUT2D eigenvalue weighted by Crippen LogP contribution is -2.24. The molecular formula is C25H32N2O2. The van der Waals surface area contributed by atoms with Crippen molar-refractivity contribution in [3.8, 4) is 11.1 Å². The average Bonchev–Trinajstić information content (AvgIpc) is 3.46. The van der Waals surface area contributed by atoms with Gasteiger partial charge in [-0.25, -0.2) is 0 Å². The highest BCUT2D eigenvalue weighted by Gasteiger charge is 2.17. The quantitative estimate of drug-likeness (QED) is 0.718. The molecule has 1 amide bonds. The van der Waals surface area contributed by atoms with Crippen molar-refractivity contribution in [2.45, 2.75) is 57.7 Å². The molecule has 1 atom stereocenters. The molecule has 4 rings (SSSR count). The van der Waals surface area contributed by atoms with Crippen LogP contribution in [0, 0.1) is 0 Å². The Bertz CT molecular complexity index is 791. The molecule has 0 aliphatic carbocycles. The van der Waals surface area contributed by atoms with Gasteiger partial charge in [0.15, 0.2) is 0 Å². The van der Waals surface area contributed by atoms with Crippen molar-refractivity contribution in [2.75, 3.05) is 19.7 Å². The highest BCUT2D eigenvalue weighted by atomic mass is 16.5. The van der Waals surface area contributed by atoms with Crippen LogP contribution in [0.15, 0.2) is 48.5 Å². The van der Waals surface area contributed by atoms with Crippen LogP contribution in [0.2, 0.25) is 0 Å². The first kappa shape index (κ1) is 20.1. The van der Waals surface area contributed by atoms with Crippen LogP contribution >= 0.6 is 0 Å². The summed E-state index contributed by atoms with van der Waals surface area (Å²) in [6, 6.07) is 17.3. The zero-order valence-electron chi connectivity index (χ0n) is 17.2. The third kappa shape index (κ3) is 5.68. The Hall–Kier alpha value is -2.17. The van der Waals surface area contributed by atoms with E-state index in [4.69, 9.17) is 4.74 Å². The van der Waals surface area contributed by atoms with Gasteiger partial charge in [-0.1, -0.05) is 48.5 Å². The minimum atomic E-state index is 0.108. The van der Waals surface area contributed by atoms with Gasteiger partial charge in [0, 0.05) is 26.1 Å². The summed E-state index contributed by atoms with van der Waals surface area (Å²) < 4.78 is 5.61. The van der Waals surface area contributed by atoms with Gasteiger partial charge in [-0.2, -0.15) is 0 Å². The van der Waals surface area contributed by atoms with Gasteiger partial charge in [-0.05, 0) is 67.4 Å². The van der Waals surface area contributed by atoms with Crippen LogP contribution in [0.5, 0.6) is 0 Å². The second-order valence-corrected chi connectivity index (χ2v) is 8.29. The highest BCUT2D eigenvalue weighted by Crippen LogP contribution is 2.25. The predicted molar refractivity (Wildman–Crippen MR) is 116 cm³/mol. The van der Waals surface area contributed by atoms with Gasteiger partial charge >= 0.3 is 0 Å². The lowest BCUT2D eigenvalue weighted by Gasteiger charge is -2.15. The normalized spacial score (nSPS) is 19.5. The molecule has 0 bridgehead atoms. The minimum Gasteiger partial charge on any atom is -0.378 e. The topological polar surface area (TPSA) is 41.6 Å². The van der Waals surface area contributed by atoms with Crippen molar-refractivity contribution in [3.63, 3.8) is 0 Å². The summed E-state index contributed by atoms with van der Waals surface area (Å²) in [7, 11) is 0. The molecule has 0 aromatic heterocycles. The van der Waals surface area contributed by atoms with Crippen LogP contribution in [0.1, 0.15) is 49.7 Å². The molecule has 4 nitrogen and oxygen atoms in total. The first-order valence-electron chi connectivity index (χ1n) is 11.1. The lowest BCUT2D eigenvalue weighted by molar-refractivity contribution is -0.121. The zero-order chi connectivity index (χ0) is 19.9. The fourth-order valence-electron chi connectivity index (χ4n) is 4.39. The molecule has 2 aliphatic rings. The van der Waals surface area contributed by atoms with Gasteiger partial charge in [0.2, 0.25) is 5.91 Å². The SMILES string of the molecule is O=C(CC[C@@H]1CCCO1)NCc1ccccc1-c1ccc(CN2CCCC2)cc1. The number of benzene rings is 2. The van der Waals surface area contributed by atoms with E-state index in [1.54, 1.807) is 0 Å². The summed E-state index contributed by atoms with van der Waals surface area (Å²) in [5.41, 5.74) is 4.93. The number of rotatable bonds is 8. The summed E-state index contributed by atoms with van der Waals surface area (Å²) in [5, 5.41) is 3.09. The standard InChI is InChI=1S/C25H32N2O2/c28-25(14-13-23-7-5-17-29-23)26-18-22-6-1-2-8-24(22)21-11-9-20(10-12-21)19-27-15-3-4-16-27/h1-2,6,8-12,23H,3-5,7,13-19H2,(H,26,28)/t23-/m0/s1. The first-order chi connectivity index (χ1) is 14.3. The van der Waals surface area contributed by atoms with Gasteiger partial charge in [0.25, 0.3) is 0 Å². The number of carbonyl (C=O) groups excluding carboxylic acids is 1. The number of amides is 1. The number of likely N-dealkylation sites (tertiary alicyclic amines) is 1. The second-order valence-electron chi connectivity index (χ2n) is 8.29. The van der Waals surface area contributed by atoms with Gasteiger partial charge in [0.1, 0.15) is 0 Å². The maximum Gasteiger partial charge on any atom is 0.220 e. The molecule has 2 heterocycles. The Morgan fingerprint density at radius 2 is 1.83 bits per heavy atom. The maximum absolute atomic E-state index is 12.3. The van der Waals surface area contributed by atoms with E-state index < -0.39 is 0 Å². The summed E-state index contributed by atoms with van der Waals surface area (Å²) in [5.74, 6) is 0.108. The summed E-state index contributed by atoms with van der Waals surface area (Å²) in [6.45, 7) is 4.89. The highest BCUT2D eigenvalue weighted by molar-refractivity contribution is 5.76. The van der Waals surface area contributed by atoms with Crippen LogP contribution in [0.3, 0.4) is 0 Å². The summed E-state index contributed by atoms with van der Waals surface area (Å²) in [4.78, 5) is 14.8. The fraction of sp³-hybridized carbons (Fsp3) is 0.480. The molecule has 0 saturated carbocycles. The van der Waals surface area contributed by atoms with Crippen molar-refractivity contribution in [1.82, 2.24) is 10.2 Å². The molecule has 2 saturated heterocycles. The zero-order valence-corrected chi connectivity index (χ0v) is 17.2. The molecule has 2 aromatic rings. The molecule has 1 N–H and O–H groups in total. The Kier molecular flexibility index (Phi) is 6.96. The monoisotopic (exact) mass is 392 g/mol. The molecule has 154 valence electrons. The summed E-state index contributed by atoms with van der Waals surface area (Å²) >= 11 is 0. The van der Waals surface area contributed by atoms with E-state index >= 15 is 0 Å². The average molecular weight is 393 g/mol. The smallest absolute Gasteiger partial charge is 0.220 e. The molecule has 2 fully saturated rings. The van der Waals surface area contributed by atoms with Crippen molar-refractivity contribution < 1.29 is 9.53 Å². The van der Waals surface area contributed by atoms with Crippen molar-refractivity contribution in [2.24, 2.45) is 0 Å². The molecule has 2 aliphatic heterocycles. The Labute approximate surface area is 174 Å². The third-order valence-electron chi connectivity index (χ3n) is 6.08. The minimum absolute atomic E-state index is 0.108. The number of hydrogen-bond acceptors (Lipinski definition) is 3. The van der Waals surface area contributed by atoms with E-state index in [0.717, 1.165) is 38.0 Å². The van der Waals surface area contributed by atoms with Gasteiger partial charge in [-0.3, -0.25) is 9.69 Å². The number of carbonyl (C=O) groups is 1. The van der Waals surface area contributed by atoms with Gasteiger partial charge in [-0.15, -0.1) is 0 Å². The van der Waals surface area contributed by atoms with Crippen LogP contribution in [-0.4, -0.2) is 36.6 Å². The summed E-state index contributed by atoms with van der Waals surface area (Å²) in [6.07, 6.45) is 6.49. The van der Waals surface area contributed by atoms with E-state index in [2.05, 4.69) is 52.7 Å². The Balaban J connectivity index is 1.34. The lowest BCUT2D eigenvalue weighted by atomic mass is 9.98. The molecule has 0 spiro atoms. The second kappa shape index (κ2) is 10.0. The molecule has 29 heavy (non-hydrogen) atoms. The van der Waals surface area contributed by atoms with Crippen molar-refractivity contribution in [3.05, 3.63) is 59.7 Å². The molecule has 2 aromatic carbocycles. The maximum atomic E-state index is 12.3. The van der Waals surface area contributed by atoms with Gasteiger partial charge < -0.3 is 10.1 Å². The fourth-order valence-corrected chi connectivity index (χ4v) is 4.39. The number of ether oxygens (including phenoxy) is 1. The van der Waals surface area contributed by atoms with Crippen LogP contribution < -0.4 is 5.32 Å². The molecule has 0 unspecified atom stereocenters. The van der Waals surface area contributed by atoms with E-state index in [1.807, 2.05) is 6.07 Å². The van der Waals surface area contributed by atoms with E-state index in [-0.39, 0.29) is 12.0 Å². The Morgan fingerprint density at radius 1 is 1.03 bits per heavy atom. The first-order valence-corrected chi connectivity index (χ1v) is 11.1. The van der Waals surface area contributed by atoms with E-state index in [1.165, 1.54) is 42.6 Å². The van der Waals surface area contributed by atoms with E-state index in [9.17, 15) is 4.79 Å². The number of nitrogens with zero attached hydrogens (tertiary/aromatic N) is 1. The van der Waals surface area contributed by atoms with Crippen LogP contribution in [-0.2, 0) is 22.6 Å². The third-order valence-corrected chi connectivity index (χ3v) is 6.08. The number of hydrogen-bond donors (Lipinski definition) is 1. The van der Waals surface area contributed by atoms with Crippen LogP contribution in [0.25, 0.3) is 11.1 Å². The molecule has 4 heteroatoms. The molecule has 0 radical (unpaired) electrons. The van der Waals surface area contributed by atoms with Gasteiger partial charge in [0.05, 0.1) is 6.10 Å². The predicted octanol–water partition coefficient (Wildman–Crippen LogP) is 4.52. The van der Waals surface area contributed by atoms with Crippen LogP contribution in [0.4, 0.5) is 0 Å². The molecular weight excluding hydrogens is 360 g/mol. The van der Waals surface area contributed by atoms with Crippen molar-refractivity contribution >= 4 is 5.91 Å². The largest absolute Gasteiger partial charge is 0.378 e. The van der Waals surface area contributed by atoms with E-state index in [0.29, 0.717) is 13.0 Å². The Morgan fingerprint density at radius 3 is 2.59 bits per heavy atom.